The van der Waals surface area contributed by atoms with Crippen molar-refractivity contribution in [2.75, 3.05) is 13.2 Å². The van der Waals surface area contributed by atoms with Crippen molar-refractivity contribution in [2.45, 2.75) is 405 Å². The molecule has 0 aromatic rings. The zero-order valence-corrected chi connectivity index (χ0v) is 49.9. The number of nitrogens with one attached hydrogen (secondary N) is 1. The van der Waals surface area contributed by atoms with E-state index in [0.717, 1.165) is 38.5 Å². The van der Waals surface area contributed by atoms with E-state index in [-0.39, 0.29) is 18.5 Å². The molecule has 436 valence electrons. The van der Waals surface area contributed by atoms with Crippen molar-refractivity contribution in [1.29, 1.82) is 0 Å². The highest BCUT2D eigenvalue weighted by molar-refractivity contribution is 5.76. The van der Waals surface area contributed by atoms with E-state index >= 15 is 0 Å². The predicted molar refractivity (Wildman–Crippen MR) is 320 cm³/mol. The fourth-order valence-electron chi connectivity index (χ4n) is 11.0. The lowest BCUT2D eigenvalue weighted by atomic mass is 10.0. The second-order valence-corrected chi connectivity index (χ2v) is 23.5. The Morgan fingerprint density at radius 1 is 0.329 bits per heavy atom. The third-order valence-corrected chi connectivity index (χ3v) is 16.2. The molecule has 6 nitrogen and oxygen atoms in total. The molecule has 73 heavy (non-hydrogen) atoms. The number of amides is 1. The first-order valence-electron chi connectivity index (χ1n) is 33.8. The Kier molecular flexibility index (Phi) is 62.4. The van der Waals surface area contributed by atoms with Crippen molar-refractivity contribution >= 4 is 11.9 Å². The molecular weight excluding hydrogens is 899 g/mol. The summed E-state index contributed by atoms with van der Waals surface area (Å²) >= 11 is 0. The number of carbonyl (C=O) groups is 2. The quantitative estimate of drug-likeness (QED) is 0.0417. The maximum atomic E-state index is 12.5. The van der Waals surface area contributed by atoms with Crippen LogP contribution in [0, 0.1) is 0 Å². The third kappa shape index (κ3) is 60.0. The highest BCUT2D eigenvalue weighted by atomic mass is 16.5. The molecule has 0 heterocycles. The molecule has 2 unspecified atom stereocenters. The van der Waals surface area contributed by atoms with Crippen LogP contribution in [0.5, 0.6) is 0 Å². The van der Waals surface area contributed by atoms with Crippen LogP contribution in [0.15, 0.2) is 0 Å². The molecule has 0 spiro atoms. The molecule has 1 amide bonds. The summed E-state index contributed by atoms with van der Waals surface area (Å²) in [7, 11) is 0. The van der Waals surface area contributed by atoms with Gasteiger partial charge in [-0.1, -0.05) is 354 Å². The van der Waals surface area contributed by atoms with Crippen LogP contribution >= 0.6 is 0 Å². The van der Waals surface area contributed by atoms with Gasteiger partial charge in [-0.3, -0.25) is 9.59 Å². The van der Waals surface area contributed by atoms with Crippen molar-refractivity contribution in [3.05, 3.63) is 0 Å². The number of rotatable bonds is 64. The van der Waals surface area contributed by atoms with Gasteiger partial charge in [-0.05, 0) is 25.7 Å². The summed E-state index contributed by atoms with van der Waals surface area (Å²) in [5, 5.41) is 23.4. The van der Waals surface area contributed by atoms with Crippen LogP contribution in [0.1, 0.15) is 393 Å². The van der Waals surface area contributed by atoms with Gasteiger partial charge in [0.25, 0.3) is 0 Å². The highest BCUT2D eigenvalue weighted by Gasteiger charge is 2.20. The van der Waals surface area contributed by atoms with E-state index in [4.69, 9.17) is 4.74 Å². The molecule has 0 fully saturated rings. The number of carbonyl (C=O) groups excluding carboxylic acids is 2. The number of hydrogen-bond donors (Lipinski definition) is 3. The van der Waals surface area contributed by atoms with E-state index < -0.39 is 12.1 Å². The second-order valence-electron chi connectivity index (χ2n) is 23.5. The Morgan fingerprint density at radius 2 is 0.562 bits per heavy atom. The summed E-state index contributed by atoms with van der Waals surface area (Å²) in [5.74, 6) is -0.00887. The second kappa shape index (κ2) is 63.4. The molecule has 0 bridgehead atoms. The smallest absolute Gasteiger partial charge is 0.305 e. The molecular formula is C67H133NO5. The van der Waals surface area contributed by atoms with E-state index in [1.54, 1.807) is 0 Å². The third-order valence-electron chi connectivity index (χ3n) is 16.2. The van der Waals surface area contributed by atoms with Gasteiger partial charge in [0.1, 0.15) is 0 Å². The molecule has 0 radical (unpaired) electrons. The molecule has 0 rings (SSSR count). The molecule has 0 aromatic carbocycles. The lowest BCUT2D eigenvalue weighted by Crippen LogP contribution is -2.45. The standard InChI is InChI=1S/C67H133NO5/c1-3-5-7-9-11-13-15-16-17-18-30-33-36-40-43-47-51-55-59-65(70)64(63-69)68-66(71)60-56-52-48-44-41-37-34-31-28-26-24-22-20-19-21-23-25-27-29-32-35-38-42-46-50-54-58-62-73-67(72)61-57-53-49-45-39-14-12-10-8-6-4-2/h64-65,69-70H,3-63H2,1-2H3,(H,68,71). The van der Waals surface area contributed by atoms with Crippen LogP contribution in [-0.4, -0.2) is 47.4 Å². The monoisotopic (exact) mass is 1030 g/mol. The van der Waals surface area contributed by atoms with Crippen molar-refractivity contribution < 1.29 is 24.5 Å². The van der Waals surface area contributed by atoms with Crippen molar-refractivity contribution in [3.63, 3.8) is 0 Å². The predicted octanol–water partition coefficient (Wildman–Crippen LogP) is 21.4. The van der Waals surface area contributed by atoms with E-state index in [2.05, 4.69) is 19.2 Å². The molecule has 6 heteroatoms. The minimum Gasteiger partial charge on any atom is -0.466 e. The summed E-state index contributed by atoms with van der Waals surface area (Å²) < 4.78 is 5.47. The van der Waals surface area contributed by atoms with Crippen LogP contribution in [0.25, 0.3) is 0 Å². The molecule has 0 aliphatic heterocycles. The molecule has 0 saturated carbocycles. The first-order valence-corrected chi connectivity index (χ1v) is 33.8. The van der Waals surface area contributed by atoms with Gasteiger partial charge in [0.05, 0.1) is 25.4 Å². The summed E-state index contributed by atoms with van der Waals surface area (Å²) in [6.45, 7) is 4.99. The Balaban J connectivity index is 3.34. The summed E-state index contributed by atoms with van der Waals surface area (Å²) in [6.07, 6.45) is 75.7. The molecule has 2 atom stereocenters. The van der Waals surface area contributed by atoms with Gasteiger partial charge in [-0.15, -0.1) is 0 Å². The van der Waals surface area contributed by atoms with Crippen molar-refractivity contribution in [3.8, 4) is 0 Å². The minimum absolute atomic E-state index is 0.0189. The molecule has 0 aliphatic carbocycles. The van der Waals surface area contributed by atoms with Crippen LogP contribution in [0.3, 0.4) is 0 Å². The van der Waals surface area contributed by atoms with Crippen LogP contribution in [0.2, 0.25) is 0 Å². The van der Waals surface area contributed by atoms with Gasteiger partial charge < -0.3 is 20.3 Å². The Hall–Kier alpha value is -1.14. The normalized spacial score (nSPS) is 12.4. The van der Waals surface area contributed by atoms with Crippen LogP contribution in [0.4, 0.5) is 0 Å². The number of aliphatic hydroxyl groups excluding tert-OH is 2. The Bertz CT molecular complexity index is 1050. The zero-order chi connectivity index (χ0) is 52.9. The van der Waals surface area contributed by atoms with Crippen LogP contribution in [-0.2, 0) is 14.3 Å². The highest BCUT2D eigenvalue weighted by Crippen LogP contribution is 2.19. The van der Waals surface area contributed by atoms with Gasteiger partial charge in [-0.25, -0.2) is 0 Å². The number of esters is 1. The lowest BCUT2D eigenvalue weighted by Gasteiger charge is -2.22. The largest absolute Gasteiger partial charge is 0.466 e. The van der Waals surface area contributed by atoms with Gasteiger partial charge in [-0.2, -0.15) is 0 Å². The van der Waals surface area contributed by atoms with E-state index in [1.807, 2.05) is 0 Å². The summed E-state index contributed by atoms with van der Waals surface area (Å²) in [4.78, 5) is 24.5. The summed E-state index contributed by atoms with van der Waals surface area (Å²) in [6, 6.07) is -0.538. The van der Waals surface area contributed by atoms with Gasteiger partial charge in [0.2, 0.25) is 5.91 Å². The van der Waals surface area contributed by atoms with E-state index in [9.17, 15) is 19.8 Å². The minimum atomic E-state index is -0.661. The SMILES string of the molecule is CCCCCCCCCCCCCCCCCCCCC(O)C(CO)NC(=O)CCCCCCCCCCCCCCCCCCCCCCCCCCCCCOC(=O)CCCCCCCCCCCCC. The summed E-state index contributed by atoms with van der Waals surface area (Å²) in [5.41, 5.74) is 0. The fraction of sp³-hybridized carbons (Fsp3) is 0.970. The van der Waals surface area contributed by atoms with Gasteiger partial charge >= 0.3 is 5.97 Å². The number of hydrogen-bond acceptors (Lipinski definition) is 5. The van der Waals surface area contributed by atoms with E-state index in [1.165, 1.54) is 321 Å². The molecule has 0 aliphatic rings. The first-order chi connectivity index (χ1) is 36.0. The molecule has 0 saturated heterocycles. The fourth-order valence-corrected chi connectivity index (χ4v) is 11.0. The number of aliphatic hydroxyl groups is 2. The maximum Gasteiger partial charge on any atom is 0.305 e. The topological polar surface area (TPSA) is 95.9 Å². The lowest BCUT2D eigenvalue weighted by molar-refractivity contribution is -0.143. The first kappa shape index (κ1) is 71.9. The van der Waals surface area contributed by atoms with E-state index in [0.29, 0.717) is 25.9 Å². The van der Waals surface area contributed by atoms with Crippen molar-refractivity contribution in [2.24, 2.45) is 0 Å². The molecule has 0 aromatic heterocycles. The van der Waals surface area contributed by atoms with Crippen molar-refractivity contribution in [1.82, 2.24) is 5.32 Å². The number of unbranched alkanes of at least 4 members (excludes halogenated alkanes) is 53. The average molecular weight is 1030 g/mol. The van der Waals surface area contributed by atoms with Crippen LogP contribution < -0.4 is 5.32 Å². The Morgan fingerprint density at radius 3 is 0.836 bits per heavy atom. The van der Waals surface area contributed by atoms with Gasteiger partial charge in [0, 0.05) is 12.8 Å². The number of ether oxygens (including phenoxy) is 1. The molecule has 3 N–H and O–H groups in total. The Labute approximate surface area is 457 Å². The maximum absolute atomic E-state index is 12.5. The van der Waals surface area contributed by atoms with Gasteiger partial charge in [0.15, 0.2) is 0 Å². The zero-order valence-electron chi connectivity index (χ0n) is 49.9. The average Bonchev–Trinajstić information content (AvgIpc) is 3.39.